The monoisotopic (exact) mass is 227 g/mol. The van der Waals surface area contributed by atoms with E-state index in [9.17, 15) is 0 Å². The van der Waals surface area contributed by atoms with Crippen LogP contribution in [0.4, 0.5) is 0 Å². The molecule has 0 rings (SSSR count). The van der Waals surface area contributed by atoms with E-state index in [0.29, 0.717) is 6.54 Å². The Labute approximate surface area is 84.4 Å². The summed E-state index contributed by atoms with van der Waals surface area (Å²) in [6.07, 6.45) is -0.583. The average Bonchev–Trinajstić information content (AvgIpc) is 1.99. The van der Waals surface area contributed by atoms with Crippen molar-refractivity contribution in [2.75, 3.05) is 26.2 Å². The zero-order valence-corrected chi connectivity index (χ0v) is 8.44. The van der Waals surface area contributed by atoms with Crippen LogP contribution in [-0.4, -0.2) is 52.9 Å². The second kappa shape index (κ2) is 11.4. The molecule has 1 unspecified atom stereocenters. The number of aliphatic hydroxyl groups is 2. The Kier molecular flexibility index (Phi) is 17.2. The summed E-state index contributed by atoms with van der Waals surface area (Å²) in [7, 11) is 0. The van der Waals surface area contributed by atoms with Crippen molar-refractivity contribution in [2.24, 2.45) is 0 Å². The summed E-state index contributed by atoms with van der Waals surface area (Å²) in [5, 5.41) is 17.5. The normalized spacial score (nSPS) is 11.8. The molecule has 0 bridgehead atoms. The fourth-order valence-corrected chi connectivity index (χ4v) is 0.838. The maximum atomic E-state index is 9.00. The van der Waals surface area contributed by atoms with Gasteiger partial charge in [0.25, 0.3) is 0 Å². The summed E-state index contributed by atoms with van der Waals surface area (Å²) in [4.78, 5) is 2.07. The van der Waals surface area contributed by atoms with Crippen LogP contribution in [-0.2, 0) is 17.1 Å². The van der Waals surface area contributed by atoms with Crippen LogP contribution in [0.1, 0.15) is 13.8 Å². The Morgan fingerprint density at radius 1 is 1.25 bits per heavy atom. The average molecular weight is 228 g/mol. The van der Waals surface area contributed by atoms with Crippen LogP contribution in [0.25, 0.3) is 0 Å². The summed E-state index contributed by atoms with van der Waals surface area (Å²) < 4.78 is 0. The van der Waals surface area contributed by atoms with Gasteiger partial charge in [-0.15, -0.1) is 0 Å². The van der Waals surface area contributed by atoms with E-state index in [1.54, 1.807) is 0 Å². The van der Waals surface area contributed by atoms with Gasteiger partial charge < -0.3 is 20.6 Å². The van der Waals surface area contributed by atoms with Gasteiger partial charge in [-0.2, -0.15) is 0 Å². The predicted molar refractivity (Wildman–Crippen MR) is 42.8 cm³/mol. The third-order valence-electron chi connectivity index (χ3n) is 1.57. The summed E-state index contributed by atoms with van der Waals surface area (Å²) in [5.74, 6) is 0. The van der Waals surface area contributed by atoms with E-state index in [0.717, 1.165) is 13.1 Å². The second-order valence-electron chi connectivity index (χ2n) is 2.32. The summed E-state index contributed by atoms with van der Waals surface area (Å²) in [6, 6.07) is 0. The first-order valence-electron chi connectivity index (χ1n) is 3.75. The van der Waals surface area contributed by atoms with Gasteiger partial charge in [0.1, 0.15) is 0 Å². The van der Waals surface area contributed by atoms with Crippen molar-refractivity contribution in [3.05, 3.63) is 0 Å². The maximum Gasteiger partial charge on any atom is 1.00 e. The van der Waals surface area contributed by atoms with Crippen LogP contribution >= 0.6 is 0 Å². The van der Waals surface area contributed by atoms with E-state index < -0.39 is 6.10 Å². The van der Waals surface area contributed by atoms with Crippen LogP contribution in [0.5, 0.6) is 0 Å². The minimum Gasteiger partial charge on any atom is -0.870 e. The zero-order chi connectivity index (χ0) is 7.98. The standard InChI is InChI=1S/C7H17NO2.Cu.H2O/c1-3-8(4-2)5-7(10)6-9;;/h7,9-10H,3-6H2,1-2H3;;1H2/q;+1;/p-1. The van der Waals surface area contributed by atoms with Crippen LogP contribution in [0.2, 0.25) is 0 Å². The fourth-order valence-electron chi connectivity index (χ4n) is 0.838. The van der Waals surface area contributed by atoms with Crippen molar-refractivity contribution in [1.29, 1.82) is 0 Å². The molecule has 12 heavy (non-hydrogen) atoms. The van der Waals surface area contributed by atoms with Crippen molar-refractivity contribution in [3.8, 4) is 0 Å². The Balaban J connectivity index is -0.000000405. The van der Waals surface area contributed by atoms with E-state index in [1.165, 1.54) is 0 Å². The van der Waals surface area contributed by atoms with Crippen LogP contribution < -0.4 is 0 Å². The van der Waals surface area contributed by atoms with Crippen molar-refractivity contribution in [3.63, 3.8) is 0 Å². The summed E-state index contributed by atoms with van der Waals surface area (Å²) >= 11 is 0. The van der Waals surface area contributed by atoms with E-state index in [2.05, 4.69) is 4.90 Å². The third-order valence-corrected chi connectivity index (χ3v) is 1.57. The number of aliphatic hydroxyl groups excluding tert-OH is 2. The SMILES string of the molecule is CCN(CC)CC(O)CO.[Cu+].[OH-]. The largest absolute Gasteiger partial charge is 1.00 e. The molecule has 3 N–H and O–H groups in total. The Hall–Kier alpha value is 0.359. The van der Waals surface area contributed by atoms with Gasteiger partial charge in [-0.25, -0.2) is 0 Å². The molecular formula is C7H18CuNO3. The molecule has 4 nitrogen and oxygen atoms in total. The first kappa shape index (κ1) is 18.2. The molecule has 1 atom stereocenters. The van der Waals surface area contributed by atoms with Crippen molar-refractivity contribution in [1.82, 2.24) is 4.90 Å². The number of hydrogen-bond donors (Lipinski definition) is 2. The van der Waals surface area contributed by atoms with E-state index in [1.807, 2.05) is 13.8 Å². The molecular weight excluding hydrogens is 210 g/mol. The van der Waals surface area contributed by atoms with Crippen LogP contribution in [0, 0.1) is 0 Å². The zero-order valence-electron chi connectivity index (χ0n) is 7.50. The first-order valence-corrected chi connectivity index (χ1v) is 3.75. The molecule has 0 aromatic heterocycles. The third kappa shape index (κ3) is 8.46. The maximum absolute atomic E-state index is 9.00. The Morgan fingerprint density at radius 2 is 1.67 bits per heavy atom. The minimum absolute atomic E-state index is 0. The van der Waals surface area contributed by atoms with E-state index in [-0.39, 0.29) is 29.2 Å². The molecule has 0 radical (unpaired) electrons. The molecule has 0 aromatic carbocycles. The molecule has 0 heterocycles. The molecule has 80 valence electrons. The van der Waals surface area contributed by atoms with E-state index >= 15 is 0 Å². The van der Waals surface area contributed by atoms with Crippen molar-refractivity contribution >= 4 is 0 Å². The minimum atomic E-state index is -0.583. The number of nitrogens with zero attached hydrogens (tertiary/aromatic N) is 1. The smallest absolute Gasteiger partial charge is 0.870 e. The molecule has 0 amide bonds. The first-order chi connectivity index (χ1) is 4.74. The van der Waals surface area contributed by atoms with Crippen LogP contribution in [0.3, 0.4) is 0 Å². The number of rotatable bonds is 5. The molecule has 0 aliphatic carbocycles. The van der Waals surface area contributed by atoms with Crippen LogP contribution in [0.15, 0.2) is 0 Å². The molecule has 5 heteroatoms. The van der Waals surface area contributed by atoms with E-state index in [4.69, 9.17) is 10.2 Å². The molecule has 0 aliphatic rings. The predicted octanol–water partition coefficient (Wildman–Crippen LogP) is -0.498. The van der Waals surface area contributed by atoms with Gasteiger partial charge in [-0.3, -0.25) is 0 Å². The molecule has 0 saturated heterocycles. The van der Waals surface area contributed by atoms with Gasteiger partial charge >= 0.3 is 17.1 Å². The van der Waals surface area contributed by atoms with Gasteiger partial charge in [0.2, 0.25) is 0 Å². The van der Waals surface area contributed by atoms with Gasteiger partial charge in [0.15, 0.2) is 0 Å². The quantitative estimate of drug-likeness (QED) is 0.622. The molecule has 0 fully saturated rings. The van der Waals surface area contributed by atoms with Crippen molar-refractivity contribution in [2.45, 2.75) is 20.0 Å². The molecule has 0 aliphatic heterocycles. The number of likely N-dealkylation sites (N-methyl/N-ethyl adjacent to an activating group) is 1. The summed E-state index contributed by atoms with van der Waals surface area (Å²) in [5.41, 5.74) is 0. The molecule has 0 aromatic rings. The second-order valence-corrected chi connectivity index (χ2v) is 2.32. The van der Waals surface area contributed by atoms with Crippen molar-refractivity contribution < 1.29 is 32.8 Å². The Morgan fingerprint density at radius 3 is 1.92 bits per heavy atom. The topological polar surface area (TPSA) is 73.7 Å². The summed E-state index contributed by atoms with van der Waals surface area (Å²) in [6.45, 7) is 6.35. The Bertz CT molecular complexity index is 81.1. The van der Waals surface area contributed by atoms with Gasteiger partial charge in [0, 0.05) is 6.54 Å². The number of hydrogen-bond acceptors (Lipinski definition) is 4. The fraction of sp³-hybridized carbons (Fsp3) is 1.00. The molecule has 0 spiro atoms. The van der Waals surface area contributed by atoms with Gasteiger partial charge in [0.05, 0.1) is 12.7 Å². The van der Waals surface area contributed by atoms with Gasteiger partial charge in [-0.05, 0) is 13.1 Å². The van der Waals surface area contributed by atoms with Gasteiger partial charge in [-0.1, -0.05) is 13.8 Å². The molecule has 0 saturated carbocycles.